The van der Waals surface area contributed by atoms with Crippen LogP contribution >= 0.6 is 27.3 Å². The molecule has 108 valence electrons. The van der Waals surface area contributed by atoms with Crippen LogP contribution in [0.25, 0.3) is 0 Å². The summed E-state index contributed by atoms with van der Waals surface area (Å²) in [5.74, 6) is 0.969. The number of halogens is 1. The van der Waals surface area contributed by atoms with Gasteiger partial charge in [-0.05, 0) is 24.6 Å². The van der Waals surface area contributed by atoms with Gasteiger partial charge in [-0.25, -0.2) is 4.98 Å². The molecule has 0 aliphatic carbocycles. The molecule has 5 heteroatoms. The van der Waals surface area contributed by atoms with Gasteiger partial charge in [0.05, 0.1) is 17.8 Å². The van der Waals surface area contributed by atoms with Gasteiger partial charge in [-0.1, -0.05) is 22.9 Å². The summed E-state index contributed by atoms with van der Waals surface area (Å²) in [7, 11) is 0. The lowest BCUT2D eigenvalue weighted by molar-refractivity contribution is 0.313. The van der Waals surface area contributed by atoms with Gasteiger partial charge in [-0.2, -0.15) is 0 Å². The lowest BCUT2D eigenvalue weighted by atomic mass is 10.2. The third-order valence-corrected chi connectivity index (χ3v) is 3.97. The van der Waals surface area contributed by atoms with Crippen molar-refractivity contribution in [2.75, 3.05) is 13.2 Å². The fourth-order valence-electron chi connectivity index (χ4n) is 1.84. The van der Waals surface area contributed by atoms with Gasteiger partial charge in [0.15, 0.2) is 0 Å². The Bertz CT molecular complexity index is 517. The molecule has 0 radical (unpaired) electrons. The zero-order valence-corrected chi connectivity index (χ0v) is 14.0. The van der Waals surface area contributed by atoms with Gasteiger partial charge in [0.1, 0.15) is 5.75 Å². The highest BCUT2D eigenvalue weighted by molar-refractivity contribution is 9.10. The van der Waals surface area contributed by atoms with Gasteiger partial charge in [0, 0.05) is 34.9 Å². The minimum atomic E-state index is 0.757. The topological polar surface area (TPSA) is 34.1 Å². The summed E-state index contributed by atoms with van der Waals surface area (Å²) in [4.78, 5) is 4.28. The van der Waals surface area contributed by atoms with Crippen molar-refractivity contribution in [1.29, 1.82) is 0 Å². The molecule has 1 aromatic heterocycles. The summed E-state index contributed by atoms with van der Waals surface area (Å²) in [6, 6.07) is 6.15. The van der Waals surface area contributed by atoms with Crippen LogP contribution in [-0.2, 0) is 13.0 Å². The summed E-state index contributed by atoms with van der Waals surface area (Å²) in [5, 5.41) is 5.54. The molecule has 0 fully saturated rings. The fourth-order valence-corrected chi connectivity index (χ4v) is 2.84. The highest BCUT2D eigenvalue weighted by atomic mass is 79.9. The number of rotatable bonds is 8. The number of benzene rings is 1. The van der Waals surface area contributed by atoms with E-state index >= 15 is 0 Å². The second-order valence-corrected chi connectivity index (χ2v) is 6.14. The van der Waals surface area contributed by atoms with Crippen LogP contribution in [0.2, 0.25) is 0 Å². The van der Waals surface area contributed by atoms with E-state index in [1.807, 2.05) is 17.6 Å². The van der Waals surface area contributed by atoms with Crippen molar-refractivity contribution < 1.29 is 4.74 Å². The smallest absolute Gasteiger partial charge is 0.123 e. The van der Waals surface area contributed by atoms with Gasteiger partial charge in [-0.3, -0.25) is 0 Å². The maximum absolute atomic E-state index is 5.77. The molecule has 1 N–H and O–H groups in total. The third-order valence-electron chi connectivity index (χ3n) is 2.84. The van der Waals surface area contributed by atoms with Gasteiger partial charge < -0.3 is 10.1 Å². The monoisotopic (exact) mass is 354 g/mol. The second-order valence-electron chi connectivity index (χ2n) is 4.51. The predicted molar refractivity (Wildman–Crippen MR) is 87.5 cm³/mol. The minimum absolute atomic E-state index is 0.757. The zero-order valence-electron chi connectivity index (χ0n) is 11.6. The summed E-state index contributed by atoms with van der Waals surface area (Å²) in [5.41, 5.74) is 4.21. The third kappa shape index (κ3) is 4.89. The zero-order chi connectivity index (χ0) is 14.2. The van der Waals surface area contributed by atoms with E-state index in [2.05, 4.69) is 44.6 Å². The van der Waals surface area contributed by atoms with Crippen LogP contribution in [-0.4, -0.2) is 18.1 Å². The van der Waals surface area contributed by atoms with Crippen LogP contribution in [0, 0.1) is 0 Å². The summed E-state index contributed by atoms with van der Waals surface area (Å²) in [6.45, 7) is 4.60. The average molecular weight is 355 g/mol. The molecular formula is C15H19BrN2OS. The molecule has 2 rings (SSSR count). The number of nitrogens with one attached hydrogen (secondary N) is 1. The Morgan fingerprint density at radius 3 is 3.05 bits per heavy atom. The van der Waals surface area contributed by atoms with Crippen LogP contribution < -0.4 is 10.1 Å². The predicted octanol–water partition coefficient (Wildman–Crippen LogP) is 4.03. The minimum Gasteiger partial charge on any atom is -0.493 e. The van der Waals surface area contributed by atoms with E-state index in [9.17, 15) is 0 Å². The van der Waals surface area contributed by atoms with Crippen LogP contribution in [0.1, 0.15) is 24.6 Å². The summed E-state index contributed by atoms with van der Waals surface area (Å²) >= 11 is 5.16. The standard InChI is InChI=1S/C15H19BrN2OS/c1-2-7-19-15-4-3-13(16)8-12(15)9-17-6-5-14-10-20-11-18-14/h3-4,8,10-11,17H,2,5-7,9H2,1H3. The van der Waals surface area contributed by atoms with E-state index in [4.69, 9.17) is 4.74 Å². The van der Waals surface area contributed by atoms with Crippen molar-refractivity contribution >= 4 is 27.3 Å². The Morgan fingerprint density at radius 2 is 2.30 bits per heavy atom. The molecule has 0 spiro atoms. The Labute approximate surface area is 132 Å². The highest BCUT2D eigenvalue weighted by Crippen LogP contribution is 2.23. The summed E-state index contributed by atoms with van der Waals surface area (Å²) < 4.78 is 6.85. The van der Waals surface area contributed by atoms with Crippen molar-refractivity contribution in [1.82, 2.24) is 10.3 Å². The van der Waals surface area contributed by atoms with Crippen LogP contribution in [0.15, 0.2) is 33.6 Å². The van der Waals surface area contributed by atoms with Crippen molar-refractivity contribution in [3.05, 3.63) is 44.8 Å². The molecule has 0 aliphatic heterocycles. The molecule has 0 bridgehead atoms. The lowest BCUT2D eigenvalue weighted by Gasteiger charge is -2.12. The van der Waals surface area contributed by atoms with Crippen molar-refractivity contribution in [2.24, 2.45) is 0 Å². The Morgan fingerprint density at radius 1 is 1.40 bits per heavy atom. The number of hydrogen-bond acceptors (Lipinski definition) is 4. The summed E-state index contributed by atoms with van der Waals surface area (Å²) in [6.07, 6.45) is 1.98. The molecule has 3 nitrogen and oxygen atoms in total. The quantitative estimate of drug-likeness (QED) is 0.726. The van der Waals surface area contributed by atoms with Gasteiger partial charge in [0.25, 0.3) is 0 Å². The van der Waals surface area contributed by atoms with E-state index < -0.39 is 0 Å². The van der Waals surface area contributed by atoms with Crippen molar-refractivity contribution in [2.45, 2.75) is 26.3 Å². The maximum atomic E-state index is 5.77. The molecule has 0 unspecified atom stereocenters. The molecule has 0 amide bonds. The molecule has 1 heterocycles. The first-order valence-electron chi connectivity index (χ1n) is 6.78. The Kier molecular flexibility index (Phi) is 6.50. The maximum Gasteiger partial charge on any atom is 0.123 e. The second kappa shape index (κ2) is 8.39. The molecule has 1 aromatic carbocycles. The molecule has 0 atom stereocenters. The van der Waals surface area contributed by atoms with Gasteiger partial charge >= 0.3 is 0 Å². The van der Waals surface area contributed by atoms with E-state index in [0.29, 0.717) is 0 Å². The first-order valence-corrected chi connectivity index (χ1v) is 8.52. The van der Waals surface area contributed by atoms with E-state index in [-0.39, 0.29) is 0 Å². The molecule has 20 heavy (non-hydrogen) atoms. The molecule has 0 saturated carbocycles. The van der Waals surface area contributed by atoms with Crippen LogP contribution in [0.3, 0.4) is 0 Å². The largest absolute Gasteiger partial charge is 0.493 e. The Hall–Kier alpha value is -0.910. The highest BCUT2D eigenvalue weighted by Gasteiger charge is 2.04. The van der Waals surface area contributed by atoms with Gasteiger partial charge in [-0.15, -0.1) is 11.3 Å². The number of hydrogen-bond donors (Lipinski definition) is 1. The number of nitrogens with zero attached hydrogens (tertiary/aromatic N) is 1. The normalized spacial score (nSPS) is 10.7. The van der Waals surface area contributed by atoms with Crippen LogP contribution in [0.5, 0.6) is 5.75 Å². The number of thiazole rings is 1. The van der Waals surface area contributed by atoms with Gasteiger partial charge in [0.2, 0.25) is 0 Å². The SMILES string of the molecule is CCCOc1ccc(Br)cc1CNCCc1cscn1. The van der Waals surface area contributed by atoms with Crippen LogP contribution in [0.4, 0.5) is 0 Å². The van der Waals surface area contributed by atoms with E-state index in [1.165, 1.54) is 5.56 Å². The van der Waals surface area contributed by atoms with Crippen molar-refractivity contribution in [3.8, 4) is 5.75 Å². The molecule has 2 aromatic rings. The molecule has 0 saturated heterocycles. The van der Waals surface area contributed by atoms with E-state index in [0.717, 1.165) is 48.5 Å². The fraction of sp³-hybridized carbons (Fsp3) is 0.400. The average Bonchev–Trinajstić information content (AvgIpc) is 2.96. The number of ether oxygens (including phenoxy) is 1. The van der Waals surface area contributed by atoms with E-state index in [1.54, 1.807) is 11.3 Å². The first kappa shape index (κ1) is 15.5. The first-order chi connectivity index (χ1) is 9.79. The number of aromatic nitrogens is 1. The lowest BCUT2D eigenvalue weighted by Crippen LogP contribution is -2.17. The Balaban J connectivity index is 1.85. The van der Waals surface area contributed by atoms with Crippen molar-refractivity contribution in [3.63, 3.8) is 0 Å². The molecule has 0 aliphatic rings. The molecular weight excluding hydrogens is 336 g/mol.